The molecule has 0 bridgehead atoms. The van der Waals surface area contributed by atoms with Crippen LogP contribution in [0, 0.1) is 18.9 Å². The van der Waals surface area contributed by atoms with E-state index in [1.165, 1.54) is 0 Å². The van der Waals surface area contributed by atoms with Gasteiger partial charge in [-0.15, -0.1) is 23.6 Å². The standard InChI is InChI=1S/C30H31N6.Y/c1-4-35(3)16-20-14-23(15-20)36-17-25(27-29(31)32-18-33-30(27)36)24-12-10-22-11-13-26(34-28(22)19(24)2)21-8-6-5-7-9-21;/h5-10,12-13,17-18,20,23H,4,14-16H2,1-3H3,(H2,31,32,33);/q-1;. The molecule has 1 fully saturated rings. The summed E-state index contributed by atoms with van der Waals surface area (Å²) in [6.07, 6.45) is 6.13. The van der Waals surface area contributed by atoms with Crippen molar-refractivity contribution in [3.8, 4) is 22.4 Å². The third kappa shape index (κ3) is 4.71. The SMILES string of the molecule is CCN(C)CC1CC(n2cc(-c3ccc4[c-]cc(-c5ccccc5)nc4c3C)c3c(N)ncnc32)C1.[Y]. The molecule has 5 aromatic rings. The van der Waals surface area contributed by atoms with E-state index in [4.69, 9.17) is 10.7 Å². The molecule has 0 amide bonds. The summed E-state index contributed by atoms with van der Waals surface area (Å²) >= 11 is 0. The summed E-state index contributed by atoms with van der Waals surface area (Å²) in [5.41, 5.74) is 13.6. The molecule has 2 N–H and O–H groups in total. The molecule has 0 spiro atoms. The van der Waals surface area contributed by atoms with Crippen LogP contribution in [0.2, 0.25) is 0 Å². The molecule has 6 nitrogen and oxygen atoms in total. The summed E-state index contributed by atoms with van der Waals surface area (Å²) in [6, 6.07) is 20.3. The second-order valence-corrected chi connectivity index (χ2v) is 10.0. The molecule has 0 saturated heterocycles. The van der Waals surface area contributed by atoms with E-state index in [9.17, 15) is 0 Å². The minimum Gasteiger partial charge on any atom is -0.383 e. The predicted molar refractivity (Wildman–Crippen MR) is 147 cm³/mol. The molecule has 1 aliphatic carbocycles. The van der Waals surface area contributed by atoms with Gasteiger partial charge in [-0.1, -0.05) is 48.9 Å². The van der Waals surface area contributed by atoms with Crippen molar-refractivity contribution in [1.82, 2.24) is 24.4 Å². The molecule has 2 aromatic carbocycles. The first-order valence-corrected chi connectivity index (χ1v) is 12.7. The molecule has 3 heterocycles. The Morgan fingerprint density at radius 2 is 1.86 bits per heavy atom. The number of anilines is 1. The fraction of sp³-hybridized carbons (Fsp3) is 0.300. The average molecular weight is 565 g/mol. The summed E-state index contributed by atoms with van der Waals surface area (Å²) in [4.78, 5) is 16.5. The normalized spacial score (nSPS) is 17.2. The Hall–Kier alpha value is -2.67. The van der Waals surface area contributed by atoms with Crippen molar-refractivity contribution in [3.05, 3.63) is 72.7 Å². The smallest absolute Gasteiger partial charge is 0.146 e. The Morgan fingerprint density at radius 1 is 1.08 bits per heavy atom. The van der Waals surface area contributed by atoms with E-state index in [1.807, 2.05) is 24.3 Å². The number of rotatable bonds is 6. The summed E-state index contributed by atoms with van der Waals surface area (Å²) in [6.45, 7) is 6.57. The van der Waals surface area contributed by atoms with Crippen LogP contribution in [0.3, 0.4) is 0 Å². The minimum absolute atomic E-state index is 0. The summed E-state index contributed by atoms with van der Waals surface area (Å²) < 4.78 is 2.33. The van der Waals surface area contributed by atoms with Crippen molar-refractivity contribution >= 4 is 27.8 Å². The Balaban J connectivity index is 0.00000280. The summed E-state index contributed by atoms with van der Waals surface area (Å²) in [7, 11) is 2.20. The van der Waals surface area contributed by atoms with Crippen LogP contribution in [0.4, 0.5) is 5.82 Å². The van der Waals surface area contributed by atoms with Gasteiger partial charge in [-0.3, -0.25) is 0 Å². The number of aromatic nitrogens is 4. The van der Waals surface area contributed by atoms with Gasteiger partial charge >= 0.3 is 0 Å². The number of pyridine rings is 1. The molecule has 7 heteroatoms. The Labute approximate surface area is 243 Å². The predicted octanol–water partition coefficient (Wildman–Crippen LogP) is 5.90. The molecular weight excluding hydrogens is 533 g/mol. The van der Waals surface area contributed by atoms with Gasteiger partial charge < -0.3 is 20.2 Å². The van der Waals surface area contributed by atoms with E-state index in [1.54, 1.807) is 6.33 Å². The maximum Gasteiger partial charge on any atom is 0.146 e. The maximum absolute atomic E-state index is 6.45. The van der Waals surface area contributed by atoms with Crippen LogP contribution in [0.15, 0.2) is 61.1 Å². The van der Waals surface area contributed by atoms with Gasteiger partial charge in [-0.2, -0.15) is 0 Å². The number of aryl methyl sites for hydroxylation is 1. The molecule has 185 valence electrons. The Kier molecular flexibility index (Phi) is 7.44. The van der Waals surface area contributed by atoms with Crippen LogP contribution in [0.25, 0.3) is 44.3 Å². The van der Waals surface area contributed by atoms with E-state index in [2.05, 4.69) is 76.9 Å². The number of nitrogens with zero attached hydrogens (tertiary/aromatic N) is 5. The van der Waals surface area contributed by atoms with Gasteiger partial charge in [-0.05, 0) is 61.6 Å². The van der Waals surface area contributed by atoms with Crippen molar-refractivity contribution in [1.29, 1.82) is 0 Å². The van der Waals surface area contributed by atoms with Gasteiger partial charge in [0, 0.05) is 57.1 Å². The molecule has 3 aromatic heterocycles. The van der Waals surface area contributed by atoms with E-state index in [-0.39, 0.29) is 32.7 Å². The zero-order valence-corrected chi connectivity index (χ0v) is 24.5. The Bertz CT molecular complexity index is 1560. The third-order valence-corrected chi connectivity index (χ3v) is 7.74. The van der Waals surface area contributed by atoms with Gasteiger partial charge in [0.1, 0.15) is 17.8 Å². The Morgan fingerprint density at radius 3 is 2.62 bits per heavy atom. The van der Waals surface area contributed by atoms with Gasteiger partial charge in [0.25, 0.3) is 0 Å². The second-order valence-electron chi connectivity index (χ2n) is 10.0. The van der Waals surface area contributed by atoms with Crippen molar-refractivity contribution in [2.24, 2.45) is 5.92 Å². The zero-order valence-electron chi connectivity index (χ0n) is 21.6. The minimum atomic E-state index is 0. The monoisotopic (exact) mass is 564 g/mol. The number of fused-ring (bicyclic) bond motifs is 2. The van der Waals surface area contributed by atoms with Crippen molar-refractivity contribution in [2.45, 2.75) is 32.7 Å². The number of hydrogen-bond donors (Lipinski definition) is 1. The van der Waals surface area contributed by atoms with Crippen molar-refractivity contribution < 1.29 is 32.7 Å². The van der Waals surface area contributed by atoms with E-state index < -0.39 is 0 Å². The first-order chi connectivity index (χ1) is 17.5. The summed E-state index contributed by atoms with van der Waals surface area (Å²) in [5.74, 6) is 1.24. The van der Waals surface area contributed by atoms with Crippen LogP contribution in [-0.2, 0) is 32.7 Å². The van der Waals surface area contributed by atoms with E-state index >= 15 is 0 Å². The largest absolute Gasteiger partial charge is 0.383 e. The van der Waals surface area contributed by atoms with Crippen molar-refractivity contribution in [2.75, 3.05) is 25.9 Å². The molecule has 0 aliphatic heterocycles. The first-order valence-electron chi connectivity index (χ1n) is 12.7. The number of nitrogens with two attached hydrogens (primary N) is 1. The molecular formula is C30H31N6Y-. The van der Waals surface area contributed by atoms with Crippen LogP contribution < -0.4 is 5.73 Å². The fourth-order valence-corrected chi connectivity index (χ4v) is 5.55. The maximum atomic E-state index is 6.45. The van der Waals surface area contributed by atoms with Gasteiger partial charge in [0.2, 0.25) is 0 Å². The zero-order chi connectivity index (χ0) is 24.8. The molecule has 1 aliphatic rings. The fourth-order valence-electron chi connectivity index (χ4n) is 5.55. The molecule has 1 radical (unpaired) electrons. The van der Waals surface area contributed by atoms with Crippen LogP contribution >= 0.6 is 0 Å². The topological polar surface area (TPSA) is 72.9 Å². The molecule has 6 rings (SSSR count). The van der Waals surface area contributed by atoms with Gasteiger partial charge in [0.15, 0.2) is 0 Å². The van der Waals surface area contributed by atoms with E-state index in [0.717, 1.165) is 81.7 Å². The quantitative estimate of drug-likeness (QED) is 0.260. The van der Waals surface area contributed by atoms with E-state index in [0.29, 0.717) is 11.9 Å². The first kappa shape index (κ1) is 26.0. The van der Waals surface area contributed by atoms with Gasteiger partial charge in [0.05, 0.1) is 5.39 Å². The third-order valence-electron chi connectivity index (χ3n) is 7.74. The number of nitrogen functional groups attached to an aromatic ring is 1. The van der Waals surface area contributed by atoms with Crippen LogP contribution in [-0.4, -0.2) is 44.6 Å². The number of benzene rings is 2. The van der Waals surface area contributed by atoms with Gasteiger partial charge in [-0.25, -0.2) is 9.97 Å². The van der Waals surface area contributed by atoms with Crippen LogP contribution in [0.1, 0.15) is 31.4 Å². The number of hydrogen-bond acceptors (Lipinski definition) is 5. The second kappa shape index (κ2) is 10.6. The van der Waals surface area contributed by atoms with Crippen LogP contribution in [0.5, 0.6) is 0 Å². The molecule has 1 saturated carbocycles. The molecule has 0 unspecified atom stereocenters. The average Bonchev–Trinajstić information content (AvgIpc) is 3.26. The molecule has 0 atom stereocenters. The molecule has 37 heavy (non-hydrogen) atoms. The summed E-state index contributed by atoms with van der Waals surface area (Å²) in [5, 5.41) is 1.93. The van der Waals surface area contributed by atoms with Crippen molar-refractivity contribution in [3.63, 3.8) is 0 Å².